The summed E-state index contributed by atoms with van der Waals surface area (Å²) in [4.78, 5) is 0. The summed E-state index contributed by atoms with van der Waals surface area (Å²) in [7, 11) is 0. The molecule has 0 amide bonds. The van der Waals surface area contributed by atoms with Crippen molar-refractivity contribution in [3.8, 4) is 44.5 Å². The lowest BCUT2D eigenvalue weighted by Gasteiger charge is -2.25. The highest BCUT2D eigenvalue weighted by molar-refractivity contribution is 6.23. The molecule has 0 N–H and O–H groups in total. The molecule has 2 aliphatic rings. The Morgan fingerprint density at radius 2 is 0.659 bits per heavy atom. The van der Waals surface area contributed by atoms with Crippen LogP contribution in [-0.2, 0) is 10.8 Å². The highest BCUT2D eigenvalue weighted by Crippen LogP contribution is 2.56. The Morgan fingerprint density at radius 3 is 1.07 bits per heavy atom. The molecule has 0 heteroatoms. The zero-order valence-corrected chi connectivity index (χ0v) is 25.7. The van der Waals surface area contributed by atoms with E-state index in [1.807, 2.05) is 0 Å². The van der Waals surface area contributed by atoms with Gasteiger partial charge in [-0.25, -0.2) is 0 Å². The van der Waals surface area contributed by atoms with Crippen LogP contribution in [0.25, 0.3) is 66.1 Å². The van der Waals surface area contributed by atoms with Crippen LogP contribution in [0, 0.1) is 0 Å². The molecule has 0 aliphatic heterocycles. The minimum Gasteiger partial charge on any atom is -0.0622 e. The Labute approximate surface area is 259 Å². The monoisotopic (exact) mass is 562 g/mol. The largest absolute Gasteiger partial charge is 0.0622 e. The van der Waals surface area contributed by atoms with Crippen LogP contribution in [0.15, 0.2) is 133 Å². The summed E-state index contributed by atoms with van der Waals surface area (Å²) < 4.78 is 0. The molecule has 210 valence electrons. The normalized spacial score (nSPS) is 15.2. The van der Waals surface area contributed by atoms with Gasteiger partial charge in [-0.1, -0.05) is 137 Å². The molecule has 0 nitrogen and oxygen atoms in total. The van der Waals surface area contributed by atoms with E-state index in [2.05, 4.69) is 161 Å². The number of hydrogen-bond acceptors (Lipinski definition) is 0. The molecule has 0 unspecified atom stereocenters. The van der Waals surface area contributed by atoms with Crippen molar-refractivity contribution in [3.05, 3.63) is 156 Å². The van der Waals surface area contributed by atoms with Gasteiger partial charge >= 0.3 is 0 Å². The van der Waals surface area contributed by atoms with Gasteiger partial charge in [0.25, 0.3) is 0 Å². The van der Waals surface area contributed by atoms with Gasteiger partial charge < -0.3 is 0 Å². The van der Waals surface area contributed by atoms with Crippen LogP contribution >= 0.6 is 0 Å². The minimum atomic E-state index is -0.0719. The zero-order valence-electron chi connectivity index (χ0n) is 25.7. The van der Waals surface area contributed by atoms with Crippen molar-refractivity contribution >= 4 is 21.5 Å². The van der Waals surface area contributed by atoms with E-state index in [0.29, 0.717) is 0 Å². The smallest absolute Gasteiger partial charge is 0.0159 e. The van der Waals surface area contributed by atoms with Crippen LogP contribution in [0.5, 0.6) is 0 Å². The summed E-state index contributed by atoms with van der Waals surface area (Å²) in [5, 5.41) is 5.30. The third kappa shape index (κ3) is 3.29. The average Bonchev–Trinajstić information content (AvgIpc) is 3.41. The highest BCUT2D eigenvalue weighted by Gasteiger charge is 2.38. The molecule has 7 aromatic rings. The van der Waals surface area contributed by atoms with Gasteiger partial charge in [0.15, 0.2) is 0 Å². The lowest BCUT2D eigenvalue weighted by molar-refractivity contribution is 0.661. The van der Waals surface area contributed by atoms with Gasteiger partial charge in [-0.3, -0.25) is 0 Å². The number of benzene rings is 7. The first-order valence-electron chi connectivity index (χ1n) is 15.8. The van der Waals surface area contributed by atoms with Crippen LogP contribution in [0.4, 0.5) is 0 Å². The van der Waals surface area contributed by atoms with E-state index < -0.39 is 0 Å². The predicted octanol–water partition coefficient (Wildman–Crippen LogP) is 11.9. The zero-order chi connectivity index (χ0) is 29.8. The Balaban J connectivity index is 1.52. The van der Waals surface area contributed by atoms with Crippen LogP contribution in [0.2, 0.25) is 0 Å². The Bertz CT molecular complexity index is 2180. The number of hydrogen-bond donors (Lipinski definition) is 0. The van der Waals surface area contributed by atoms with E-state index in [4.69, 9.17) is 0 Å². The maximum Gasteiger partial charge on any atom is 0.0159 e. The van der Waals surface area contributed by atoms with Crippen molar-refractivity contribution in [2.75, 3.05) is 0 Å². The molecular formula is C44H34. The first-order chi connectivity index (χ1) is 21.4. The van der Waals surface area contributed by atoms with E-state index >= 15 is 0 Å². The number of rotatable bonds is 2. The third-order valence-electron chi connectivity index (χ3n) is 10.6. The quantitative estimate of drug-likeness (QED) is 0.184. The van der Waals surface area contributed by atoms with Crippen LogP contribution in [-0.4, -0.2) is 0 Å². The molecule has 7 aromatic carbocycles. The van der Waals surface area contributed by atoms with Gasteiger partial charge in [0.1, 0.15) is 0 Å². The lowest BCUT2D eigenvalue weighted by atomic mass is 9.78. The second kappa shape index (κ2) is 8.80. The second-order valence-electron chi connectivity index (χ2n) is 13.7. The van der Waals surface area contributed by atoms with E-state index in [0.717, 1.165) is 0 Å². The molecule has 0 bridgehead atoms. The molecule has 0 spiro atoms. The summed E-state index contributed by atoms with van der Waals surface area (Å²) in [5.74, 6) is 0. The van der Waals surface area contributed by atoms with Crippen LogP contribution in [0.3, 0.4) is 0 Å². The molecule has 0 atom stereocenters. The fourth-order valence-corrected chi connectivity index (χ4v) is 8.44. The summed E-state index contributed by atoms with van der Waals surface area (Å²) >= 11 is 0. The van der Waals surface area contributed by atoms with Gasteiger partial charge in [0.2, 0.25) is 0 Å². The van der Waals surface area contributed by atoms with Crippen LogP contribution in [0.1, 0.15) is 49.9 Å². The van der Waals surface area contributed by atoms with Crippen LogP contribution < -0.4 is 0 Å². The third-order valence-corrected chi connectivity index (χ3v) is 10.6. The van der Waals surface area contributed by atoms with Gasteiger partial charge in [0.05, 0.1) is 0 Å². The molecular weight excluding hydrogens is 528 g/mol. The van der Waals surface area contributed by atoms with Gasteiger partial charge in [-0.2, -0.15) is 0 Å². The van der Waals surface area contributed by atoms with Crippen molar-refractivity contribution in [3.63, 3.8) is 0 Å². The minimum absolute atomic E-state index is 0.0719. The van der Waals surface area contributed by atoms with E-state index in [9.17, 15) is 0 Å². The van der Waals surface area contributed by atoms with E-state index in [1.165, 1.54) is 88.3 Å². The highest BCUT2D eigenvalue weighted by atomic mass is 14.4. The topological polar surface area (TPSA) is 0 Å². The summed E-state index contributed by atoms with van der Waals surface area (Å²) in [5.41, 5.74) is 16.1. The summed E-state index contributed by atoms with van der Waals surface area (Å²) in [6, 6.07) is 50.2. The van der Waals surface area contributed by atoms with Gasteiger partial charge in [-0.15, -0.1) is 0 Å². The Morgan fingerprint density at radius 1 is 0.318 bits per heavy atom. The second-order valence-corrected chi connectivity index (χ2v) is 13.7. The van der Waals surface area contributed by atoms with Crippen molar-refractivity contribution in [1.82, 2.24) is 0 Å². The fraction of sp³-hybridized carbons (Fsp3) is 0.136. The summed E-state index contributed by atoms with van der Waals surface area (Å²) in [6.45, 7) is 9.55. The Kier molecular flexibility index (Phi) is 5.11. The maximum absolute atomic E-state index is 2.53. The molecule has 0 radical (unpaired) electrons. The first kappa shape index (κ1) is 25.5. The number of fused-ring (bicyclic) bond motifs is 8. The van der Waals surface area contributed by atoms with Gasteiger partial charge in [-0.05, 0) is 113 Å². The van der Waals surface area contributed by atoms with Gasteiger partial charge in [0, 0.05) is 10.8 Å². The van der Waals surface area contributed by atoms with Crippen molar-refractivity contribution in [2.45, 2.75) is 38.5 Å². The molecule has 0 heterocycles. The first-order valence-corrected chi connectivity index (χ1v) is 15.8. The predicted molar refractivity (Wildman–Crippen MR) is 187 cm³/mol. The summed E-state index contributed by atoms with van der Waals surface area (Å²) in [6.07, 6.45) is 0. The SMILES string of the molecule is CC1(C)c2ccccc2-c2cc3c(-c4ccccc4)c4cc5c(cc4c(-c4ccccc4)c3cc21)C(C)(C)c1ccccc1-5. The molecule has 0 fully saturated rings. The molecule has 0 aromatic heterocycles. The average molecular weight is 563 g/mol. The molecule has 44 heavy (non-hydrogen) atoms. The standard InChI is InChI=1S/C44H34/c1-43(2)37-21-13-11-19-29(37)31-23-33-35(25-39(31)43)42(28-17-9-6-10-18-28)36-26-40-32(30-20-12-14-22-38(30)44(40,3)4)24-34(36)41(33)27-15-7-5-8-16-27/h5-26H,1-4H3. The molecule has 2 aliphatic carbocycles. The molecule has 0 saturated heterocycles. The lowest BCUT2D eigenvalue weighted by Crippen LogP contribution is -2.15. The van der Waals surface area contributed by atoms with Crippen molar-refractivity contribution in [1.29, 1.82) is 0 Å². The van der Waals surface area contributed by atoms with Crippen molar-refractivity contribution < 1.29 is 0 Å². The molecule has 0 saturated carbocycles. The Hall–Kier alpha value is -4.94. The van der Waals surface area contributed by atoms with E-state index in [1.54, 1.807) is 0 Å². The molecule has 9 rings (SSSR count). The van der Waals surface area contributed by atoms with E-state index in [-0.39, 0.29) is 10.8 Å². The maximum atomic E-state index is 2.53. The fourth-order valence-electron chi connectivity index (χ4n) is 8.44. The van der Waals surface area contributed by atoms with Crippen molar-refractivity contribution in [2.24, 2.45) is 0 Å².